The molecule has 1 aromatic heterocycles. The van der Waals surface area contributed by atoms with Crippen molar-refractivity contribution < 1.29 is 14.2 Å². The van der Waals surface area contributed by atoms with Gasteiger partial charge in [-0.05, 0) is 61.3 Å². The van der Waals surface area contributed by atoms with Crippen LogP contribution < -0.4 is 0 Å². The summed E-state index contributed by atoms with van der Waals surface area (Å²) in [6.45, 7) is 17.0. The molecule has 0 unspecified atom stereocenters. The number of aromatic nitrogens is 3. The average molecular weight is 388 g/mol. The minimum Gasteiger partial charge on any atom is -0.375 e. The molecule has 0 aliphatic heterocycles. The summed E-state index contributed by atoms with van der Waals surface area (Å²) in [5.74, 6) is 0.733. The summed E-state index contributed by atoms with van der Waals surface area (Å²) >= 11 is 4.18. The number of hydrogen-bond donors (Lipinski definition) is 1. The Labute approximate surface area is 164 Å². The van der Waals surface area contributed by atoms with Crippen molar-refractivity contribution in [2.75, 3.05) is 25.6 Å². The highest BCUT2D eigenvalue weighted by atomic mass is 32.1. The van der Waals surface area contributed by atoms with Gasteiger partial charge in [-0.3, -0.25) is 0 Å². The molecule has 0 atom stereocenters. The Morgan fingerprint density at radius 3 is 2.04 bits per heavy atom. The van der Waals surface area contributed by atoms with Crippen LogP contribution in [-0.4, -0.2) is 51.8 Å². The standard InChI is InChI=1S/C19H37N3O3S/c1-17(2,3)22-14-16(20-21-22)15-23-10-8-18(4,5)24-11-9-19(6,7)25-12-13-26/h14,26H,8-13,15H2,1-7H3. The highest BCUT2D eigenvalue weighted by Gasteiger charge is 2.22. The summed E-state index contributed by atoms with van der Waals surface area (Å²) in [6, 6.07) is 0. The molecule has 0 saturated heterocycles. The van der Waals surface area contributed by atoms with Crippen molar-refractivity contribution in [3.63, 3.8) is 0 Å². The highest BCUT2D eigenvalue weighted by Crippen LogP contribution is 2.20. The maximum absolute atomic E-state index is 6.04. The lowest BCUT2D eigenvalue weighted by molar-refractivity contribution is -0.0783. The molecule has 0 aliphatic rings. The van der Waals surface area contributed by atoms with E-state index in [0.717, 1.165) is 24.3 Å². The maximum Gasteiger partial charge on any atom is 0.108 e. The predicted octanol–water partition coefficient (Wildman–Crippen LogP) is 3.85. The Bertz CT molecular complexity index is 524. The zero-order valence-corrected chi connectivity index (χ0v) is 18.4. The van der Waals surface area contributed by atoms with Gasteiger partial charge >= 0.3 is 0 Å². The van der Waals surface area contributed by atoms with E-state index in [0.29, 0.717) is 26.4 Å². The number of nitrogens with zero attached hydrogens (tertiary/aromatic N) is 3. The molecule has 6 nitrogen and oxygen atoms in total. The quantitative estimate of drug-likeness (QED) is 0.436. The van der Waals surface area contributed by atoms with Gasteiger partial charge in [-0.15, -0.1) is 5.10 Å². The highest BCUT2D eigenvalue weighted by molar-refractivity contribution is 7.80. The lowest BCUT2D eigenvalue weighted by Crippen LogP contribution is -2.32. The molecule has 26 heavy (non-hydrogen) atoms. The van der Waals surface area contributed by atoms with E-state index in [2.05, 4.69) is 71.4 Å². The van der Waals surface area contributed by atoms with Gasteiger partial charge in [0.05, 0.1) is 42.8 Å². The Kier molecular flexibility index (Phi) is 9.06. The van der Waals surface area contributed by atoms with Crippen LogP contribution in [0, 0.1) is 0 Å². The van der Waals surface area contributed by atoms with Crippen molar-refractivity contribution in [1.29, 1.82) is 0 Å². The molecule has 0 fully saturated rings. The van der Waals surface area contributed by atoms with Crippen LogP contribution in [0.4, 0.5) is 0 Å². The summed E-state index contributed by atoms with van der Waals surface area (Å²) < 4.78 is 19.4. The number of thiol groups is 1. The van der Waals surface area contributed by atoms with Crippen LogP contribution in [0.25, 0.3) is 0 Å². The molecule has 152 valence electrons. The Balaban J connectivity index is 2.25. The van der Waals surface area contributed by atoms with Crippen LogP contribution in [0.1, 0.15) is 67.0 Å². The summed E-state index contributed by atoms with van der Waals surface area (Å²) in [6.07, 6.45) is 3.61. The first-order chi connectivity index (χ1) is 12.0. The molecule has 1 rings (SSSR count). The maximum atomic E-state index is 6.04. The third-order valence-corrected chi connectivity index (χ3v) is 4.29. The first-order valence-electron chi connectivity index (χ1n) is 9.33. The smallest absolute Gasteiger partial charge is 0.108 e. The fraction of sp³-hybridized carbons (Fsp3) is 0.895. The Morgan fingerprint density at radius 1 is 0.923 bits per heavy atom. The van der Waals surface area contributed by atoms with E-state index in [9.17, 15) is 0 Å². The number of hydrogen-bond acceptors (Lipinski definition) is 6. The molecule has 0 amide bonds. The minimum atomic E-state index is -0.233. The first kappa shape index (κ1) is 23.4. The Morgan fingerprint density at radius 2 is 1.50 bits per heavy atom. The topological polar surface area (TPSA) is 58.4 Å². The fourth-order valence-corrected chi connectivity index (χ4v) is 2.32. The second kappa shape index (κ2) is 10.1. The van der Waals surface area contributed by atoms with Gasteiger partial charge in [0.1, 0.15) is 5.69 Å². The van der Waals surface area contributed by atoms with Crippen LogP contribution in [0.3, 0.4) is 0 Å². The zero-order valence-electron chi connectivity index (χ0n) is 17.5. The summed E-state index contributed by atoms with van der Waals surface area (Å²) in [4.78, 5) is 0. The molecule has 0 aromatic carbocycles. The van der Waals surface area contributed by atoms with Crippen LogP contribution in [0.2, 0.25) is 0 Å². The number of rotatable bonds is 12. The summed E-state index contributed by atoms with van der Waals surface area (Å²) in [5.41, 5.74) is 0.365. The molecule has 0 aliphatic carbocycles. The van der Waals surface area contributed by atoms with Crippen molar-refractivity contribution in [3.8, 4) is 0 Å². The van der Waals surface area contributed by atoms with Gasteiger partial charge in [0.15, 0.2) is 0 Å². The van der Waals surface area contributed by atoms with Gasteiger partial charge in [-0.1, -0.05) is 5.21 Å². The van der Waals surface area contributed by atoms with Crippen LogP contribution >= 0.6 is 12.6 Å². The van der Waals surface area contributed by atoms with Crippen LogP contribution in [0.15, 0.2) is 6.20 Å². The van der Waals surface area contributed by atoms with E-state index < -0.39 is 0 Å². The van der Waals surface area contributed by atoms with E-state index in [4.69, 9.17) is 14.2 Å². The van der Waals surface area contributed by atoms with Gasteiger partial charge in [-0.2, -0.15) is 12.6 Å². The van der Waals surface area contributed by atoms with Crippen LogP contribution in [0.5, 0.6) is 0 Å². The molecule has 0 N–H and O–H groups in total. The predicted molar refractivity (Wildman–Crippen MR) is 108 cm³/mol. The van der Waals surface area contributed by atoms with Gasteiger partial charge in [0, 0.05) is 12.4 Å². The third-order valence-electron chi connectivity index (χ3n) is 4.11. The third kappa shape index (κ3) is 9.35. The van der Waals surface area contributed by atoms with Gasteiger partial charge in [0.25, 0.3) is 0 Å². The van der Waals surface area contributed by atoms with Gasteiger partial charge < -0.3 is 14.2 Å². The number of ether oxygens (including phenoxy) is 3. The van der Waals surface area contributed by atoms with E-state index in [1.807, 2.05) is 10.9 Å². The Hall–Kier alpha value is -0.630. The van der Waals surface area contributed by atoms with Crippen molar-refractivity contribution in [3.05, 3.63) is 11.9 Å². The average Bonchev–Trinajstić information content (AvgIpc) is 2.98. The lowest BCUT2D eigenvalue weighted by atomic mass is 10.0. The van der Waals surface area contributed by atoms with E-state index in [1.165, 1.54) is 0 Å². The molecule has 0 bridgehead atoms. The second-order valence-electron chi connectivity index (χ2n) is 8.82. The normalized spacial score (nSPS) is 13.4. The van der Waals surface area contributed by atoms with Crippen molar-refractivity contribution in [2.45, 2.75) is 84.7 Å². The minimum absolute atomic E-state index is 0.0640. The van der Waals surface area contributed by atoms with Crippen molar-refractivity contribution in [1.82, 2.24) is 15.0 Å². The SMILES string of the molecule is CC(C)(CCOCc1cn(C(C)(C)C)nn1)OCCC(C)(C)OCCS. The monoisotopic (exact) mass is 387 g/mol. The van der Waals surface area contributed by atoms with E-state index in [1.54, 1.807) is 0 Å². The van der Waals surface area contributed by atoms with E-state index in [-0.39, 0.29) is 16.7 Å². The van der Waals surface area contributed by atoms with Crippen molar-refractivity contribution >= 4 is 12.6 Å². The molecule has 7 heteroatoms. The first-order valence-corrected chi connectivity index (χ1v) is 9.97. The zero-order chi connectivity index (χ0) is 19.8. The molecule has 1 heterocycles. The van der Waals surface area contributed by atoms with Crippen LogP contribution in [-0.2, 0) is 26.4 Å². The van der Waals surface area contributed by atoms with Gasteiger partial charge in [-0.25, -0.2) is 4.68 Å². The summed E-state index contributed by atoms with van der Waals surface area (Å²) in [7, 11) is 0. The molecule has 0 radical (unpaired) electrons. The van der Waals surface area contributed by atoms with E-state index >= 15 is 0 Å². The molecule has 0 saturated carbocycles. The van der Waals surface area contributed by atoms with Crippen molar-refractivity contribution in [2.24, 2.45) is 0 Å². The second-order valence-corrected chi connectivity index (χ2v) is 9.26. The summed E-state index contributed by atoms with van der Waals surface area (Å²) in [5, 5.41) is 8.30. The molecule has 1 aromatic rings. The lowest BCUT2D eigenvalue weighted by Gasteiger charge is -2.29. The molecular weight excluding hydrogens is 350 g/mol. The van der Waals surface area contributed by atoms with Gasteiger partial charge in [0.2, 0.25) is 0 Å². The largest absolute Gasteiger partial charge is 0.375 e. The molecule has 0 spiro atoms. The fourth-order valence-electron chi connectivity index (χ4n) is 2.23. The molecular formula is C19H37N3O3S.